The number of carbonyl (C=O) groups excluding carboxylic acids is 1. The van der Waals surface area contributed by atoms with Crippen molar-refractivity contribution in [3.63, 3.8) is 0 Å². The Balaban J connectivity index is 0.00000128. The molecule has 0 saturated carbocycles. The van der Waals surface area contributed by atoms with Crippen LogP contribution in [0.3, 0.4) is 0 Å². The molecule has 1 fully saturated rings. The number of aromatic nitrogens is 2. The van der Waals surface area contributed by atoms with E-state index in [4.69, 9.17) is 0 Å². The van der Waals surface area contributed by atoms with Crippen molar-refractivity contribution < 1.29 is 4.79 Å². The molecule has 1 aromatic rings. The number of halogens is 1. The van der Waals surface area contributed by atoms with Gasteiger partial charge in [-0.25, -0.2) is 4.68 Å². The molecule has 90 valence electrons. The average molecular weight is 245 g/mol. The fourth-order valence-electron chi connectivity index (χ4n) is 1.55. The number of amides is 1. The van der Waals surface area contributed by atoms with Crippen molar-refractivity contribution in [2.24, 2.45) is 0 Å². The highest BCUT2D eigenvalue weighted by Crippen LogP contribution is 2.14. The maximum absolute atomic E-state index is 11.7. The first-order valence-electron chi connectivity index (χ1n) is 5.26. The maximum atomic E-state index is 11.7. The quantitative estimate of drug-likeness (QED) is 0.840. The zero-order chi connectivity index (χ0) is 10.8. The Morgan fingerprint density at radius 2 is 2.38 bits per heavy atom. The summed E-state index contributed by atoms with van der Waals surface area (Å²) >= 11 is 0. The minimum atomic E-state index is -0.0273. The fourth-order valence-corrected chi connectivity index (χ4v) is 1.55. The Hall–Kier alpha value is -1.07. The summed E-state index contributed by atoms with van der Waals surface area (Å²) in [6, 6.07) is 2.04. The zero-order valence-electron chi connectivity index (χ0n) is 9.43. The van der Waals surface area contributed by atoms with Crippen LogP contribution in [0.1, 0.15) is 26.3 Å². The lowest BCUT2D eigenvalue weighted by Gasteiger charge is -2.26. The standard InChI is InChI=1S/C10H16N4O.ClH/c1-7(2)14-9(4-6-12-14)13-10(15)8-3-5-11-8;/h4,6-8,11H,3,5H2,1-2H3,(H,13,15);1H/t8-;/m1./s1. The van der Waals surface area contributed by atoms with Crippen LogP contribution in [0.15, 0.2) is 12.3 Å². The number of nitrogens with zero attached hydrogens (tertiary/aromatic N) is 2. The molecule has 1 aliphatic rings. The van der Waals surface area contributed by atoms with Crippen LogP contribution >= 0.6 is 12.4 Å². The number of rotatable bonds is 3. The number of hydrogen-bond donors (Lipinski definition) is 2. The summed E-state index contributed by atoms with van der Waals surface area (Å²) in [5.74, 6) is 0.798. The van der Waals surface area contributed by atoms with E-state index in [2.05, 4.69) is 15.7 Å². The molecule has 2 N–H and O–H groups in total. The normalized spacial score (nSPS) is 18.8. The van der Waals surface area contributed by atoms with E-state index in [-0.39, 0.29) is 30.4 Å². The second kappa shape index (κ2) is 5.32. The first-order chi connectivity index (χ1) is 7.18. The molecule has 0 spiro atoms. The molecule has 1 aliphatic heterocycles. The van der Waals surface area contributed by atoms with Gasteiger partial charge in [0, 0.05) is 12.1 Å². The molecule has 0 aromatic carbocycles. The molecular weight excluding hydrogens is 228 g/mol. The lowest BCUT2D eigenvalue weighted by atomic mass is 10.1. The minimum absolute atomic E-state index is 0. The molecule has 0 bridgehead atoms. The lowest BCUT2D eigenvalue weighted by molar-refractivity contribution is -0.119. The summed E-state index contributed by atoms with van der Waals surface area (Å²) in [5, 5.41) is 10.1. The van der Waals surface area contributed by atoms with E-state index in [1.165, 1.54) is 0 Å². The van der Waals surface area contributed by atoms with Crippen LogP contribution in [0.5, 0.6) is 0 Å². The zero-order valence-corrected chi connectivity index (χ0v) is 10.3. The molecule has 2 rings (SSSR count). The largest absolute Gasteiger partial charge is 0.310 e. The van der Waals surface area contributed by atoms with Gasteiger partial charge in [-0.1, -0.05) is 0 Å². The van der Waals surface area contributed by atoms with Gasteiger partial charge in [-0.2, -0.15) is 5.10 Å². The predicted octanol–water partition coefficient (Wildman–Crippen LogP) is 1.19. The molecule has 0 radical (unpaired) electrons. The predicted molar refractivity (Wildman–Crippen MR) is 64.9 cm³/mol. The van der Waals surface area contributed by atoms with Crippen molar-refractivity contribution in [3.05, 3.63) is 12.3 Å². The Kier molecular flexibility index (Phi) is 4.32. The number of anilines is 1. The maximum Gasteiger partial charge on any atom is 0.242 e. The van der Waals surface area contributed by atoms with Gasteiger partial charge in [0.1, 0.15) is 5.82 Å². The van der Waals surface area contributed by atoms with E-state index in [9.17, 15) is 4.79 Å². The van der Waals surface area contributed by atoms with Crippen molar-refractivity contribution in [2.75, 3.05) is 11.9 Å². The molecule has 2 heterocycles. The fraction of sp³-hybridized carbons (Fsp3) is 0.600. The van der Waals surface area contributed by atoms with Crippen LogP contribution in [-0.2, 0) is 4.79 Å². The van der Waals surface area contributed by atoms with Gasteiger partial charge in [0.2, 0.25) is 5.91 Å². The van der Waals surface area contributed by atoms with Crippen LogP contribution < -0.4 is 10.6 Å². The molecule has 1 atom stereocenters. The number of hydrogen-bond acceptors (Lipinski definition) is 3. The van der Waals surface area contributed by atoms with E-state index < -0.39 is 0 Å². The van der Waals surface area contributed by atoms with Crippen molar-refractivity contribution in [1.29, 1.82) is 0 Å². The summed E-state index contributed by atoms with van der Waals surface area (Å²) in [4.78, 5) is 11.7. The van der Waals surface area contributed by atoms with E-state index >= 15 is 0 Å². The van der Waals surface area contributed by atoms with E-state index in [1.807, 2.05) is 19.9 Å². The van der Waals surface area contributed by atoms with Crippen LogP contribution in [-0.4, -0.2) is 28.3 Å². The first kappa shape index (κ1) is 13.0. The number of nitrogens with one attached hydrogen (secondary N) is 2. The third kappa shape index (κ3) is 2.54. The van der Waals surface area contributed by atoms with E-state index in [0.29, 0.717) is 0 Å². The molecule has 16 heavy (non-hydrogen) atoms. The molecule has 0 unspecified atom stereocenters. The summed E-state index contributed by atoms with van der Waals surface area (Å²) in [5.41, 5.74) is 0. The van der Waals surface area contributed by atoms with Gasteiger partial charge in [0.05, 0.1) is 12.2 Å². The third-order valence-corrected chi connectivity index (χ3v) is 2.55. The summed E-state index contributed by atoms with van der Waals surface area (Å²) in [6.45, 7) is 5.00. The second-order valence-electron chi connectivity index (χ2n) is 4.04. The van der Waals surface area contributed by atoms with Crippen LogP contribution in [0.4, 0.5) is 5.82 Å². The van der Waals surface area contributed by atoms with Gasteiger partial charge in [0.15, 0.2) is 0 Å². The summed E-state index contributed by atoms with van der Waals surface area (Å²) < 4.78 is 1.80. The molecule has 1 saturated heterocycles. The Morgan fingerprint density at radius 3 is 2.88 bits per heavy atom. The van der Waals surface area contributed by atoms with Crippen LogP contribution in [0.25, 0.3) is 0 Å². The van der Waals surface area contributed by atoms with Crippen LogP contribution in [0.2, 0.25) is 0 Å². The molecule has 1 amide bonds. The smallest absolute Gasteiger partial charge is 0.242 e. The Bertz CT molecular complexity index is 359. The molecule has 6 heteroatoms. The summed E-state index contributed by atoms with van der Waals surface area (Å²) in [7, 11) is 0. The average Bonchev–Trinajstić information content (AvgIpc) is 2.48. The highest BCUT2D eigenvalue weighted by atomic mass is 35.5. The van der Waals surface area contributed by atoms with Gasteiger partial charge in [-0.15, -0.1) is 12.4 Å². The highest BCUT2D eigenvalue weighted by molar-refractivity contribution is 5.94. The Labute approximate surface area is 101 Å². The van der Waals surface area contributed by atoms with Crippen molar-refractivity contribution in [2.45, 2.75) is 32.4 Å². The summed E-state index contributed by atoms with van der Waals surface area (Å²) in [6.07, 6.45) is 2.62. The van der Waals surface area contributed by atoms with Crippen molar-refractivity contribution >= 4 is 24.1 Å². The molecule has 1 aromatic heterocycles. The van der Waals surface area contributed by atoms with Gasteiger partial charge in [-0.3, -0.25) is 4.79 Å². The Morgan fingerprint density at radius 1 is 1.69 bits per heavy atom. The second-order valence-corrected chi connectivity index (χ2v) is 4.04. The lowest BCUT2D eigenvalue weighted by Crippen LogP contribution is -2.51. The SMILES string of the molecule is CC(C)n1nccc1NC(=O)[C@H]1CCN1.Cl. The van der Waals surface area contributed by atoms with Crippen molar-refractivity contribution in [1.82, 2.24) is 15.1 Å². The third-order valence-electron chi connectivity index (χ3n) is 2.55. The minimum Gasteiger partial charge on any atom is -0.310 e. The van der Waals surface area contributed by atoms with E-state index in [1.54, 1.807) is 10.9 Å². The molecular formula is C10H17ClN4O. The molecule has 5 nitrogen and oxygen atoms in total. The van der Waals surface area contributed by atoms with Crippen LogP contribution in [0, 0.1) is 0 Å². The molecule has 0 aliphatic carbocycles. The first-order valence-corrected chi connectivity index (χ1v) is 5.26. The monoisotopic (exact) mass is 244 g/mol. The number of carbonyl (C=O) groups is 1. The van der Waals surface area contributed by atoms with E-state index in [0.717, 1.165) is 18.8 Å². The van der Waals surface area contributed by atoms with Gasteiger partial charge >= 0.3 is 0 Å². The van der Waals surface area contributed by atoms with Gasteiger partial charge in [0.25, 0.3) is 0 Å². The topological polar surface area (TPSA) is 59.0 Å². The van der Waals surface area contributed by atoms with Gasteiger partial charge < -0.3 is 10.6 Å². The van der Waals surface area contributed by atoms with Gasteiger partial charge in [-0.05, 0) is 26.8 Å². The highest BCUT2D eigenvalue weighted by Gasteiger charge is 2.25. The van der Waals surface area contributed by atoms with Crippen molar-refractivity contribution in [3.8, 4) is 0 Å².